The van der Waals surface area contributed by atoms with Gasteiger partial charge >= 0.3 is 0 Å². The Morgan fingerprint density at radius 2 is 1.58 bits per heavy atom. The van der Waals surface area contributed by atoms with Gasteiger partial charge in [-0.1, -0.05) is 42.5 Å². The van der Waals surface area contributed by atoms with E-state index in [1.54, 1.807) is 42.2 Å². The standard InChI is InChI=1S/C25H23N3O4S/c1-18-10-11-23(29)24(16-18)33(31,32)28-14-12-27(13-15-28)25(30)22-9-5-4-8-21(22)20-7-3-2-6-19(20)17-26/h2-11,16,29H,12-15H2,1H3. The summed E-state index contributed by atoms with van der Waals surface area (Å²) in [6.45, 7) is 2.45. The fourth-order valence-corrected chi connectivity index (χ4v) is 5.58. The molecule has 3 aromatic carbocycles. The molecule has 1 aliphatic rings. The topological polar surface area (TPSA) is 102 Å². The van der Waals surface area contributed by atoms with Crippen LogP contribution >= 0.6 is 0 Å². The molecule has 8 heteroatoms. The fraction of sp³-hybridized carbons (Fsp3) is 0.200. The lowest BCUT2D eigenvalue weighted by atomic mass is 9.95. The van der Waals surface area contributed by atoms with Gasteiger partial charge in [-0.2, -0.15) is 9.57 Å². The van der Waals surface area contributed by atoms with E-state index in [-0.39, 0.29) is 42.7 Å². The molecule has 3 aromatic rings. The minimum absolute atomic E-state index is 0.123. The summed E-state index contributed by atoms with van der Waals surface area (Å²) < 4.78 is 27.4. The SMILES string of the molecule is Cc1ccc(O)c(S(=O)(=O)N2CCN(C(=O)c3ccccc3-c3ccccc3C#N)CC2)c1. The Balaban J connectivity index is 1.56. The van der Waals surface area contributed by atoms with Crippen LogP contribution in [0.3, 0.4) is 0 Å². The minimum atomic E-state index is -3.88. The van der Waals surface area contributed by atoms with Crippen molar-refractivity contribution in [3.8, 4) is 22.9 Å². The third-order valence-corrected chi connectivity index (χ3v) is 7.68. The molecule has 33 heavy (non-hydrogen) atoms. The average molecular weight is 462 g/mol. The Morgan fingerprint density at radius 3 is 2.27 bits per heavy atom. The predicted octanol–water partition coefficient (Wildman–Crippen LogP) is 3.39. The van der Waals surface area contributed by atoms with Crippen LogP contribution in [0.1, 0.15) is 21.5 Å². The van der Waals surface area contributed by atoms with Gasteiger partial charge in [0.1, 0.15) is 10.6 Å². The van der Waals surface area contributed by atoms with Crippen molar-refractivity contribution < 1.29 is 18.3 Å². The van der Waals surface area contributed by atoms with Crippen LogP contribution in [0.5, 0.6) is 5.75 Å². The zero-order valence-electron chi connectivity index (χ0n) is 18.1. The maximum absolute atomic E-state index is 13.4. The quantitative estimate of drug-likeness (QED) is 0.642. The van der Waals surface area contributed by atoms with Crippen LogP contribution in [0.25, 0.3) is 11.1 Å². The zero-order chi connectivity index (χ0) is 23.6. The number of benzene rings is 3. The van der Waals surface area contributed by atoms with Crippen molar-refractivity contribution in [2.45, 2.75) is 11.8 Å². The highest BCUT2D eigenvalue weighted by molar-refractivity contribution is 7.89. The summed E-state index contributed by atoms with van der Waals surface area (Å²) in [5, 5.41) is 19.5. The van der Waals surface area contributed by atoms with E-state index in [2.05, 4.69) is 6.07 Å². The third kappa shape index (κ3) is 4.33. The van der Waals surface area contributed by atoms with Crippen LogP contribution in [0.2, 0.25) is 0 Å². The third-order valence-electron chi connectivity index (χ3n) is 5.75. The maximum atomic E-state index is 13.4. The zero-order valence-corrected chi connectivity index (χ0v) is 18.9. The molecule has 1 saturated heterocycles. The molecule has 0 unspecified atom stereocenters. The largest absolute Gasteiger partial charge is 0.507 e. The number of piperazine rings is 1. The first-order chi connectivity index (χ1) is 15.8. The van der Waals surface area contributed by atoms with Gasteiger partial charge in [-0.25, -0.2) is 8.42 Å². The molecule has 1 heterocycles. The Morgan fingerprint density at radius 1 is 0.939 bits per heavy atom. The van der Waals surface area contributed by atoms with Crippen LogP contribution in [0.15, 0.2) is 71.6 Å². The highest BCUT2D eigenvalue weighted by Gasteiger charge is 2.32. The van der Waals surface area contributed by atoms with Crippen LogP contribution in [0.4, 0.5) is 0 Å². The molecule has 0 spiro atoms. The van der Waals surface area contributed by atoms with Gasteiger partial charge in [-0.05, 0) is 42.3 Å². The Hall–Kier alpha value is -3.67. The molecular weight excluding hydrogens is 438 g/mol. The van der Waals surface area contributed by atoms with Crippen molar-refractivity contribution >= 4 is 15.9 Å². The number of phenols is 1. The number of carbonyl (C=O) groups excluding carboxylic acids is 1. The first kappa shape index (κ1) is 22.5. The van der Waals surface area contributed by atoms with E-state index in [1.165, 1.54) is 16.4 Å². The summed E-state index contributed by atoms with van der Waals surface area (Å²) in [6, 6.07) is 20.9. The molecule has 1 amide bonds. The summed E-state index contributed by atoms with van der Waals surface area (Å²) >= 11 is 0. The molecule has 0 aromatic heterocycles. The van der Waals surface area contributed by atoms with Crippen molar-refractivity contribution in [2.75, 3.05) is 26.2 Å². The molecule has 1 N–H and O–H groups in total. The number of nitriles is 1. The van der Waals surface area contributed by atoms with E-state index in [9.17, 15) is 23.6 Å². The lowest BCUT2D eigenvalue weighted by Gasteiger charge is -2.34. The average Bonchev–Trinajstić information content (AvgIpc) is 2.85. The van der Waals surface area contributed by atoms with Gasteiger partial charge in [0.2, 0.25) is 10.0 Å². The maximum Gasteiger partial charge on any atom is 0.254 e. The van der Waals surface area contributed by atoms with Gasteiger partial charge < -0.3 is 10.0 Å². The molecular formula is C25H23N3O4S. The molecule has 0 saturated carbocycles. The molecule has 168 valence electrons. The molecule has 0 bridgehead atoms. The molecule has 0 atom stereocenters. The number of hydrogen-bond donors (Lipinski definition) is 1. The van der Waals surface area contributed by atoms with E-state index in [0.717, 1.165) is 5.56 Å². The number of aromatic hydroxyl groups is 1. The number of sulfonamides is 1. The van der Waals surface area contributed by atoms with Gasteiger partial charge in [0.15, 0.2) is 0 Å². The van der Waals surface area contributed by atoms with E-state index < -0.39 is 10.0 Å². The predicted molar refractivity (Wildman–Crippen MR) is 124 cm³/mol. The van der Waals surface area contributed by atoms with Crippen molar-refractivity contribution in [1.82, 2.24) is 9.21 Å². The molecule has 4 rings (SSSR count). The first-order valence-corrected chi connectivity index (χ1v) is 11.9. The van der Waals surface area contributed by atoms with Gasteiger partial charge in [-0.3, -0.25) is 4.79 Å². The van der Waals surface area contributed by atoms with Crippen molar-refractivity contribution in [3.05, 3.63) is 83.4 Å². The minimum Gasteiger partial charge on any atom is -0.507 e. The Kier molecular flexibility index (Phi) is 6.18. The fourth-order valence-electron chi connectivity index (χ4n) is 3.99. The Bertz CT molecular complexity index is 1350. The summed E-state index contributed by atoms with van der Waals surface area (Å²) in [7, 11) is -3.88. The Labute approximate surface area is 193 Å². The second-order valence-corrected chi connectivity index (χ2v) is 9.78. The number of nitrogens with zero attached hydrogens (tertiary/aromatic N) is 3. The van der Waals surface area contributed by atoms with Gasteiger partial charge in [0.25, 0.3) is 5.91 Å². The summed E-state index contributed by atoms with van der Waals surface area (Å²) in [6.07, 6.45) is 0. The number of hydrogen-bond acceptors (Lipinski definition) is 5. The molecule has 0 aliphatic carbocycles. The molecule has 1 aliphatic heterocycles. The number of amides is 1. The molecule has 1 fully saturated rings. The summed E-state index contributed by atoms with van der Waals surface area (Å²) in [5.41, 5.74) is 3.02. The van der Waals surface area contributed by atoms with Crippen LogP contribution in [-0.2, 0) is 10.0 Å². The van der Waals surface area contributed by atoms with Crippen LogP contribution in [0, 0.1) is 18.3 Å². The lowest BCUT2D eigenvalue weighted by molar-refractivity contribution is 0.0698. The van der Waals surface area contributed by atoms with Crippen molar-refractivity contribution in [3.63, 3.8) is 0 Å². The van der Waals surface area contributed by atoms with Crippen molar-refractivity contribution in [2.24, 2.45) is 0 Å². The number of carbonyl (C=O) groups is 1. The molecule has 7 nitrogen and oxygen atoms in total. The number of aryl methyl sites for hydroxylation is 1. The van der Waals surface area contributed by atoms with E-state index in [4.69, 9.17) is 0 Å². The summed E-state index contributed by atoms with van der Waals surface area (Å²) in [5.74, 6) is -0.502. The van der Waals surface area contributed by atoms with E-state index >= 15 is 0 Å². The normalized spacial score (nSPS) is 14.6. The number of rotatable bonds is 4. The lowest BCUT2D eigenvalue weighted by Crippen LogP contribution is -2.50. The monoisotopic (exact) mass is 461 g/mol. The van der Waals surface area contributed by atoms with Crippen molar-refractivity contribution in [1.29, 1.82) is 5.26 Å². The van der Waals surface area contributed by atoms with Gasteiger partial charge in [-0.15, -0.1) is 0 Å². The summed E-state index contributed by atoms with van der Waals surface area (Å²) in [4.78, 5) is 14.9. The smallest absolute Gasteiger partial charge is 0.254 e. The van der Waals surface area contributed by atoms with Crippen LogP contribution in [-0.4, -0.2) is 54.8 Å². The molecule has 0 radical (unpaired) electrons. The second-order valence-electron chi connectivity index (χ2n) is 7.87. The second kappa shape index (κ2) is 9.06. The highest BCUT2D eigenvalue weighted by Crippen LogP contribution is 2.30. The van der Waals surface area contributed by atoms with Gasteiger partial charge in [0, 0.05) is 37.3 Å². The number of phenolic OH excluding ortho intramolecular Hbond substituents is 1. The highest BCUT2D eigenvalue weighted by atomic mass is 32.2. The van der Waals surface area contributed by atoms with Crippen LogP contribution < -0.4 is 0 Å². The van der Waals surface area contributed by atoms with E-state index in [0.29, 0.717) is 22.3 Å². The van der Waals surface area contributed by atoms with E-state index in [1.807, 2.05) is 24.3 Å². The van der Waals surface area contributed by atoms with Gasteiger partial charge in [0.05, 0.1) is 11.6 Å². The first-order valence-electron chi connectivity index (χ1n) is 10.5.